The van der Waals surface area contributed by atoms with Gasteiger partial charge in [-0.2, -0.15) is 0 Å². The van der Waals surface area contributed by atoms with E-state index < -0.39 is 0 Å². The Morgan fingerprint density at radius 2 is 1.11 bits per heavy atom. The molecule has 0 amide bonds. The van der Waals surface area contributed by atoms with E-state index in [0.717, 1.165) is 53.9 Å². The van der Waals surface area contributed by atoms with E-state index in [9.17, 15) is 0 Å². The Morgan fingerprint density at radius 1 is 0.607 bits per heavy atom. The lowest BCUT2D eigenvalue weighted by Crippen LogP contribution is -1.95. The van der Waals surface area contributed by atoms with Crippen molar-refractivity contribution >= 4 is 50.3 Å². The molecule has 2 heteroatoms. The van der Waals surface area contributed by atoms with Gasteiger partial charge in [-0.1, -0.05) is 102 Å². The lowest BCUT2D eigenvalue weighted by Gasteiger charge is -2.17. The van der Waals surface area contributed by atoms with E-state index in [1.54, 1.807) is 0 Å². The Bertz CT molecular complexity index is 1220. The SMILES string of the molecule is Clc1ccc(C(=C2[C]=CC=C2)c2ccc(Cl)c3ccccc23)c2ccccc12. The molecule has 0 saturated carbocycles. The minimum Gasteiger partial charge on any atom is -0.0837 e. The molecule has 0 N–H and O–H groups in total. The molecule has 0 unspecified atom stereocenters. The van der Waals surface area contributed by atoms with Crippen molar-refractivity contribution in [1.29, 1.82) is 0 Å². The number of halogens is 2. The number of hydrogen-bond acceptors (Lipinski definition) is 0. The minimum atomic E-state index is 0.756. The Morgan fingerprint density at radius 3 is 1.57 bits per heavy atom. The van der Waals surface area contributed by atoms with Gasteiger partial charge >= 0.3 is 0 Å². The largest absolute Gasteiger partial charge is 0.0837 e. The van der Waals surface area contributed by atoms with Gasteiger partial charge in [-0.05, 0) is 51.3 Å². The highest BCUT2D eigenvalue weighted by Crippen LogP contribution is 2.40. The molecule has 0 nitrogen and oxygen atoms in total. The van der Waals surface area contributed by atoms with Crippen molar-refractivity contribution in [2.45, 2.75) is 0 Å². The van der Waals surface area contributed by atoms with Gasteiger partial charge in [0.15, 0.2) is 0 Å². The molecule has 5 rings (SSSR count). The molecule has 28 heavy (non-hydrogen) atoms. The van der Waals surface area contributed by atoms with E-state index in [0.29, 0.717) is 0 Å². The van der Waals surface area contributed by atoms with Crippen LogP contribution in [-0.2, 0) is 0 Å². The third-order valence-corrected chi connectivity index (χ3v) is 5.81. The molecule has 0 fully saturated rings. The molecule has 1 radical (unpaired) electrons. The van der Waals surface area contributed by atoms with Crippen molar-refractivity contribution in [2.24, 2.45) is 0 Å². The van der Waals surface area contributed by atoms with Crippen molar-refractivity contribution in [1.82, 2.24) is 0 Å². The Balaban J connectivity index is 1.91. The Kier molecular flexibility index (Phi) is 4.31. The van der Waals surface area contributed by atoms with E-state index >= 15 is 0 Å². The number of benzene rings is 4. The highest BCUT2D eigenvalue weighted by molar-refractivity contribution is 6.36. The van der Waals surface area contributed by atoms with Crippen LogP contribution in [-0.4, -0.2) is 0 Å². The smallest absolute Gasteiger partial charge is 0.0484 e. The van der Waals surface area contributed by atoms with Crippen LogP contribution in [0.5, 0.6) is 0 Å². The van der Waals surface area contributed by atoms with Crippen LogP contribution >= 0.6 is 23.2 Å². The van der Waals surface area contributed by atoms with Gasteiger partial charge in [0.05, 0.1) is 0 Å². The molecule has 0 spiro atoms. The monoisotopic (exact) mass is 397 g/mol. The number of hydrogen-bond donors (Lipinski definition) is 0. The van der Waals surface area contributed by atoms with Crippen molar-refractivity contribution in [3.8, 4) is 0 Å². The lowest BCUT2D eigenvalue weighted by molar-refractivity contribution is 1.57. The summed E-state index contributed by atoms with van der Waals surface area (Å²) in [4.78, 5) is 0. The second kappa shape index (κ2) is 6.98. The molecule has 1 aliphatic carbocycles. The first-order valence-electron chi connectivity index (χ1n) is 9.10. The molecule has 4 aromatic rings. The van der Waals surface area contributed by atoms with E-state index in [4.69, 9.17) is 23.2 Å². The van der Waals surface area contributed by atoms with E-state index in [-0.39, 0.29) is 0 Å². The van der Waals surface area contributed by atoms with Crippen LogP contribution in [0.3, 0.4) is 0 Å². The summed E-state index contributed by atoms with van der Waals surface area (Å²) >= 11 is 13.0. The molecule has 0 saturated heterocycles. The summed E-state index contributed by atoms with van der Waals surface area (Å²) in [5.41, 5.74) is 4.45. The predicted octanol–water partition coefficient (Wildman–Crippen LogP) is 8.03. The quantitative estimate of drug-likeness (QED) is 0.321. The van der Waals surface area contributed by atoms with Crippen LogP contribution in [0.15, 0.2) is 96.6 Å². The standard InChI is InChI=1S/C26H15Cl2/c27-24-15-13-22(18-9-3-5-11-20(18)24)26(17-7-1-2-8-17)23-14-16-25(28)21-12-6-4-10-19(21)23/h1-7,9-16H. The maximum atomic E-state index is 6.49. The zero-order valence-electron chi connectivity index (χ0n) is 14.9. The van der Waals surface area contributed by atoms with Crippen molar-refractivity contribution in [3.05, 3.63) is 124 Å². The molecule has 4 aromatic carbocycles. The molecular formula is C26H15Cl2. The molecule has 133 valence electrons. The van der Waals surface area contributed by atoms with Crippen molar-refractivity contribution in [2.75, 3.05) is 0 Å². The summed E-state index contributed by atoms with van der Waals surface area (Å²) in [6, 6.07) is 24.7. The normalized spacial score (nSPS) is 13.0. The first-order valence-corrected chi connectivity index (χ1v) is 9.85. The van der Waals surface area contributed by atoms with E-state index in [2.05, 4.69) is 60.7 Å². The summed E-state index contributed by atoms with van der Waals surface area (Å²) in [6.07, 6.45) is 9.46. The van der Waals surface area contributed by atoms with Crippen molar-refractivity contribution < 1.29 is 0 Å². The summed E-state index contributed by atoms with van der Waals surface area (Å²) in [5, 5.41) is 5.85. The summed E-state index contributed by atoms with van der Waals surface area (Å²) in [6.45, 7) is 0. The molecule has 0 bridgehead atoms. The third-order valence-electron chi connectivity index (χ3n) is 5.15. The molecule has 0 atom stereocenters. The van der Waals surface area contributed by atoms with Crippen LogP contribution in [0.25, 0.3) is 27.1 Å². The predicted molar refractivity (Wildman–Crippen MR) is 121 cm³/mol. The van der Waals surface area contributed by atoms with Crippen LogP contribution in [0, 0.1) is 6.08 Å². The topological polar surface area (TPSA) is 0 Å². The first-order chi connectivity index (χ1) is 13.7. The second-order valence-corrected chi connectivity index (χ2v) is 7.55. The number of fused-ring (bicyclic) bond motifs is 2. The summed E-state index contributed by atoms with van der Waals surface area (Å²) < 4.78 is 0. The second-order valence-electron chi connectivity index (χ2n) is 6.74. The first kappa shape index (κ1) is 17.3. The molecular weight excluding hydrogens is 383 g/mol. The molecule has 0 aliphatic heterocycles. The maximum absolute atomic E-state index is 6.49. The summed E-state index contributed by atoms with van der Waals surface area (Å²) in [7, 11) is 0. The van der Waals surface area contributed by atoms with Gasteiger partial charge < -0.3 is 0 Å². The van der Waals surface area contributed by atoms with Crippen LogP contribution in [0.1, 0.15) is 11.1 Å². The van der Waals surface area contributed by atoms with Gasteiger partial charge in [-0.15, -0.1) is 0 Å². The van der Waals surface area contributed by atoms with Crippen molar-refractivity contribution in [3.63, 3.8) is 0 Å². The van der Waals surface area contributed by atoms with Crippen LogP contribution < -0.4 is 0 Å². The number of rotatable bonds is 2. The van der Waals surface area contributed by atoms with E-state index in [1.807, 2.05) is 36.4 Å². The highest BCUT2D eigenvalue weighted by Gasteiger charge is 2.17. The van der Waals surface area contributed by atoms with Gasteiger partial charge in [0.2, 0.25) is 0 Å². The van der Waals surface area contributed by atoms with Gasteiger partial charge in [-0.25, -0.2) is 0 Å². The maximum Gasteiger partial charge on any atom is 0.0484 e. The molecule has 0 heterocycles. The fourth-order valence-electron chi connectivity index (χ4n) is 3.88. The number of allylic oxidation sites excluding steroid dienone is 5. The Labute approximate surface area is 174 Å². The van der Waals surface area contributed by atoms with Crippen LogP contribution in [0.4, 0.5) is 0 Å². The minimum absolute atomic E-state index is 0.756. The van der Waals surface area contributed by atoms with Gasteiger partial charge in [0, 0.05) is 20.8 Å². The third kappa shape index (κ3) is 2.77. The fourth-order valence-corrected chi connectivity index (χ4v) is 4.34. The average molecular weight is 398 g/mol. The summed E-state index contributed by atoms with van der Waals surface area (Å²) in [5.74, 6) is 0. The van der Waals surface area contributed by atoms with Gasteiger partial charge in [0.1, 0.15) is 0 Å². The lowest BCUT2D eigenvalue weighted by atomic mass is 9.87. The van der Waals surface area contributed by atoms with Gasteiger partial charge in [0.25, 0.3) is 0 Å². The highest BCUT2D eigenvalue weighted by atomic mass is 35.5. The van der Waals surface area contributed by atoms with E-state index in [1.165, 1.54) is 0 Å². The fraction of sp³-hybridized carbons (Fsp3) is 0. The molecule has 0 aromatic heterocycles. The zero-order valence-corrected chi connectivity index (χ0v) is 16.4. The van der Waals surface area contributed by atoms with Crippen LogP contribution in [0.2, 0.25) is 10.0 Å². The zero-order chi connectivity index (χ0) is 19.1. The average Bonchev–Trinajstić information content (AvgIpc) is 3.26. The molecule has 1 aliphatic rings. The van der Waals surface area contributed by atoms with Gasteiger partial charge in [-0.3, -0.25) is 0 Å². The Hall–Kier alpha value is -2.80.